The van der Waals surface area contributed by atoms with Crippen LogP contribution in [0.1, 0.15) is 49.7 Å². The van der Waals surface area contributed by atoms with Gasteiger partial charge in [-0.25, -0.2) is 15.0 Å². The Kier molecular flexibility index (Phi) is 8.84. The molecule has 0 spiro atoms. The normalized spacial score (nSPS) is 15.8. The minimum absolute atomic E-state index is 0.153. The minimum atomic E-state index is 0.153. The Bertz CT molecular complexity index is 1300. The van der Waals surface area contributed by atoms with E-state index < -0.39 is 0 Å². The molecule has 7 heteroatoms. The monoisotopic (exact) mass is 544 g/mol. The number of para-hydroxylation sites is 1. The number of anilines is 2. The number of amides is 1. The molecule has 204 valence electrons. The summed E-state index contributed by atoms with van der Waals surface area (Å²) in [6, 6.07) is 24.7. The number of likely N-dealkylation sites (N-methyl/N-ethyl adjacent to an activating group) is 1. The van der Waals surface area contributed by atoms with E-state index in [-0.39, 0.29) is 5.91 Å². The molecule has 0 radical (unpaired) electrons. The maximum atomic E-state index is 12.8. The van der Waals surface area contributed by atoms with Crippen LogP contribution in [0.3, 0.4) is 0 Å². The van der Waals surface area contributed by atoms with Crippen molar-refractivity contribution in [1.82, 2.24) is 10.3 Å². The molecule has 39 heavy (non-hydrogen) atoms. The lowest BCUT2D eigenvalue weighted by Crippen LogP contribution is -2.65. The topological polar surface area (TPSA) is 56.7 Å². The van der Waals surface area contributed by atoms with Crippen LogP contribution in [-0.2, 0) is 11.2 Å². The molecule has 2 N–H and O–H groups in total. The molecule has 0 aromatic heterocycles. The fourth-order valence-corrected chi connectivity index (χ4v) is 5.59. The number of nitrogens with zero attached hydrogens (tertiary/aromatic N) is 3. The maximum absolute atomic E-state index is 12.8. The molecule has 0 aliphatic carbocycles. The highest BCUT2D eigenvalue weighted by molar-refractivity contribution is 6.31. The molecular formula is C32H39ClN5O+. The van der Waals surface area contributed by atoms with Crippen molar-refractivity contribution < 1.29 is 9.39 Å². The number of quaternary nitrogens is 1. The second-order valence-corrected chi connectivity index (χ2v) is 11.3. The van der Waals surface area contributed by atoms with Crippen LogP contribution in [0.25, 0.3) is 0 Å². The first-order valence-corrected chi connectivity index (χ1v) is 14.6. The summed E-state index contributed by atoms with van der Waals surface area (Å²) < 4.78 is 0.558. The molecule has 0 saturated carbocycles. The number of amidine groups is 1. The third kappa shape index (κ3) is 7.20. The van der Waals surface area contributed by atoms with E-state index in [1.807, 2.05) is 30.3 Å². The van der Waals surface area contributed by atoms with Crippen LogP contribution in [-0.4, -0.2) is 54.5 Å². The largest absolute Gasteiger partial charge is 0.353 e. The van der Waals surface area contributed by atoms with Crippen molar-refractivity contribution in [2.24, 2.45) is 4.99 Å². The van der Waals surface area contributed by atoms with Gasteiger partial charge >= 0.3 is 0 Å². The summed E-state index contributed by atoms with van der Waals surface area (Å²) in [7, 11) is 2.12. The van der Waals surface area contributed by atoms with Crippen LogP contribution in [0.2, 0.25) is 5.02 Å². The van der Waals surface area contributed by atoms with E-state index in [1.165, 1.54) is 24.8 Å². The van der Waals surface area contributed by atoms with E-state index in [4.69, 9.17) is 16.6 Å². The van der Waals surface area contributed by atoms with Crippen molar-refractivity contribution in [2.75, 3.05) is 38.5 Å². The number of carbonyl (C=O) groups is 1. The van der Waals surface area contributed by atoms with E-state index in [2.05, 4.69) is 65.2 Å². The summed E-state index contributed by atoms with van der Waals surface area (Å²) >= 11 is 6.30. The molecule has 3 aromatic rings. The van der Waals surface area contributed by atoms with Crippen molar-refractivity contribution in [3.63, 3.8) is 0 Å². The number of rotatable bonds is 9. The zero-order valence-corrected chi connectivity index (χ0v) is 23.6. The van der Waals surface area contributed by atoms with Crippen molar-refractivity contribution >= 4 is 40.4 Å². The Balaban J connectivity index is 1.10. The molecule has 1 saturated heterocycles. The summed E-state index contributed by atoms with van der Waals surface area (Å²) in [5.74, 6) is 1.10. The minimum Gasteiger partial charge on any atom is -0.353 e. The van der Waals surface area contributed by atoms with Gasteiger partial charge in [0.2, 0.25) is 0 Å². The molecule has 5 rings (SSSR count). The Hall–Kier alpha value is -3.35. The lowest BCUT2D eigenvalue weighted by Gasteiger charge is -2.42. The molecule has 0 bridgehead atoms. The first-order valence-electron chi connectivity index (χ1n) is 14.2. The summed E-state index contributed by atoms with van der Waals surface area (Å²) in [5, 5.41) is 4.19. The molecular weight excluding hydrogens is 506 g/mol. The molecule has 2 heterocycles. The van der Waals surface area contributed by atoms with Gasteiger partial charge in [-0.1, -0.05) is 73.3 Å². The van der Waals surface area contributed by atoms with Crippen LogP contribution in [0, 0.1) is 0 Å². The number of hydrogen-bond acceptors (Lipinski definition) is 4. The Morgan fingerprint density at radius 3 is 2.46 bits per heavy atom. The third-order valence-electron chi connectivity index (χ3n) is 7.76. The fraction of sp³-hybridized carbons (Fsp3) is 0.375. The van der Waals surface area contributed by atoms with Gasteiger partial charge in [0.15, 0.2) is 0 Å². The lowest BCUT2D eigenvalue weighted by molar-refractivity contribution is -0.946. The highest BCUT2D eigenvalue weighted by atomic mass is 35.5. The van der Waals surface area contributed by atoms with Gasteiger partial charge in [-0.05, 0) is 55.2 Å². The van der Waals surface area contributed by atoms with Crippen LogP contribution >= 0.6 is 11.6 Å². The number of benzene rings is 3. The van der Waals surface area contributed by atoms with Gasteiger partial charge in [-0.2, -0.15) is 0 Å². The lowest BCUT2D eigenvalue weighted by atomic mass is 10.0. The van der Waals surface area contributed by atoms with Crippen LogP contribution in [0.4, 0.5) is 17.1 Å². The average molecular weight is 545 g/mol. The fourth-order valence-electron chi connectivity index (χ4n) is 5.43. The number of piperazine rings is 1. The molecule has 1 fully saturated rings. The Labute approximate surface area is 237 Å². The number of halogens is 1. The standard InChI is InChI=1S/C32H38ClN5O/c1-38(36-31(39)17-9-4-2-3-6-12-25-13-7-5-8-14-25)22-20-37(21-23-38)32-27-15-10-11-16-28(27)34-29-19-18-26(33)24-30(29)35-32/h5,7-8,10-11,13-16,18-19,24H,2-4,6,9,12,17,20-23H2,1H3,(H-,34,35,36,39)/p+1. The molecule has 3 aromatic carbocycles. The predicted octanol–water partition coefficient (Wildman–Crippen LogP) is 6.85. The third-order valence-corrected chi connectivity index (χ3v) is 7.99. The van der Waals surface area contributed by atoms with Gasteiger partial charge < -0.3 is 10.2 Å². The van der Waals surface area contributed by atoms with Crippen LogP contribution in [0.15, 0.2) is 77.8 Å². The molecule has 6 nitrogen and oxygen atoms in total. The Morgan fingerprint density at radius 2 is 1.64 bits per heavy atom. The quantitative estimate of drug-likeness (QED) is 0.229. The van der Waals surface area contributed by atoms with Crippen molar-refractivity contribution in [3.05, 3.63) is 88.9 Å². The SMILES string of the molecule is C[N+]1(NC(=O)CCCCCCCc2ccccc2)CCN(C2=Nc3cc(Cl)ccc3Nc3ccccc32)CC1. The number of fused-ring (bicyclic) bond motifs is 2. The summed E-state index contributed by atoms with van der Waals surface area (Å²) in [6.07, 6.45) is 7.42. The number of unbranched alkanes of at least 4 members (excludes halogenated alkanes) is 4. The number of hydrogen-bond donors (Lipinski definition) is 2. The highest BCUT2D eigenvalue weighted by Gasteiger charge is 2.33. The number of carbonyl (C=O) groups excluding carboxylic acids is 1. The van der Waals surface area contributed by atoms with Gasteiger partial charge in [0.25, 0.3) is 5.91 Å². The molecule has 1 amide bonds. The summed E-state index contributed by atoms with van der Waals surface area (Å²) in [5.41, 5.74) is 8.61. The molecule has 0 atom stereocenters. The maximum Gasteiger partial charge on any atom is 0.264 e. The van der Waals surface area contributed by atoms with Gasteiger partial charge in [0.1, 0.15) is 18.9 Å². The highest BCUT2D eigenvalue weighted by Crippen LogP contribution is 2.36. The van der Waals surface area contributed by atoms with E-state index in [0.717, 1.165) is 73.9 Å². The zero-order valence-electron chi connectivity index (χ0n) is 22.8. The number of nitrogens with one attached hydrogen (secondary N) is 2. The molecule has 2 aliphatic rings. The van der Waals surface area contributed by atoms with E-state index in [9.17, 15) is 4.79 Å². The van der Waals surface area contributed by atoms with E-state index in [0.29, 0.717) is 16.0 Å². The van der Waals surface area contributed by atoms with Gasteiger partial charge in [0, 0.05) is 22.7 Å². The molecule has 0 unspecified atom stereocenters. The predicted molar refractivity (Wildman–Crippen MR) is 161 cm³/mol. The van der Waals surface area contributed by atoms with Gasteiger partial charge in [-0.15, -0.1) is 0 Å². The van der Waals surface area contributed by atoms with Gasteiger partial charge in [-0.3, -0.25) is 4.79 Å². The number of aliphatic imine (C=N–C) groups is 1. The van der Waals surface area contributed by atoms with Crippen molar-refractivity contribution in [3.8, 4) is 0 Å². The number of aryl methyl sites for hydroxylation is 1. The van der Waals surface area contributed by atoms with Gasteiger partial charge in [0.05, 0.1) is 31.5 Å². The summed E-state index contributed by atoms with van der Waals surface area (Å²) in [4.78, 5) is 20.2. The van der Waals surface area contributed by atoms with E-state index in [1.54, 1.807) is 0 Å². The van der Waals surface area contributed by atoms with Crippen molar-refractivity contribution in [2.45, 2.75) is 44.9 Å². The van der Waals surface area contributed by atoms with Crippen LogP contribution < -0.4 is 10.7 Å². The van der Waals surface area contributed by atoms with E-state index >= 15 is 0 Å². The first-order chi connectivity index (χ1) is 19.0. The molecule has 2 aliphatic heterocycles. The smallest absolute Gasteiger partial charge is 0.264 e. The first kappa shape index (κ1) is 27.2. The summed E-state index contributed by atoms with van der Waals surface area (Å²) in [6.45, 7) is 3.26. The Morgan fingerprint density at radius 1 is 0.923 bits per heavy atom. The van der Waals surface area contributed by atoms with Crippen LogP contribution in [0.5, 0.6) is 0 Å². The second kappa shape index (κ2) is 12.7. The zero-order chi connectivity index (χ0) is 27.1. The second-order valence-electron chi connectivity index (χ2n) is 10.9. The average Bonchev–Trinajstić information content (AvgIpc) is 3.10. The van der Waals surface area contributed by atoms with Crippen molar-refractivity contribution in [1.29, 1.82) is 0 Å².